The number of hydrogen-bond acceptors (Lipinski definition) is 1. The predicted octanol–water partition coefficient (Wildman–Crippen LogP) is 0.226. The molecule has 1 amide bonds. The maximum Gasteiger partial charge on any atom is 0.406 e. The average Bonchev–Trinajstić information content (AvgIpc) is 1.36. The first-order chi connectivity index (χ1) is 2.64. The van der Waals surface area contributed by atoms with Crippen LogP contribution in [-0.4, -0.2) is 30.2 Å². The summed E-state index contributed by atoms with van der Waals surface area (Å²) in [5, 5.41) is 7.92. The molecule has 0 aromatic rings. The third-order valence-electron chi connectivity index (χ3n) is 0.383. The second-order valence-electron chi connectivity index (χ2n) is 1.18. The Morgan fingerprint density at radius 2 is 1.71 bits per heavy atom. The normalized spacial score (nSPS) is 6.57. The number of carbonyl (C=O) groups is 1. The Hall–Kier alpha value is 0.621. The second kappa shape index (κ2) is 4.77. The topological polar surface area (TPSA) is 40.5 Å². The molecule has 0 aliphatic heterocycles. The van der Waals surface area contributed by atoms with E-state index in [1.807, 2.05) is 0 Å². The van der Waals surface area contributed by atoms with Crippen LogP contribution >= 0.6 is 0 Å². The van der Waals surface area contributed by atoms with Gasteiger partial charge in [-0.15, -0.1) is 0 Å². The largest absolute Gasteiger partial charge is 0.465 e. The van der Waals surface area contributed by atoms with E-state index >= 15 is 0 Å². The van der Waals surface area contributed by atoms with E-state index in [4.69, 9.17) is 5.11 Å². The van der Waals surface area contributed by atoms with Crippen molar-refractivity contribution < 1.29 is 50.7 Å². The van der Waals surface area contributed by atoms with Crippen molar-refractivity contribution in [1.29, 1.82) is 0 Å². The predicted molar refractivity (Wildman–Crippen MR) is 21.7 cm³/mol. The van der Waals surface area contributed by atoms with E-state index in [1.54, 1.807) is 0 Å². The van der Waals surface area contributed by atoms with Gasteiger partial charge in [-0.3, -0.25) is 0 Å². The smallest absolute Gasteiger partial charge is 0.406 e. The van der Waals surface area contributed by atoms with Gasteiger partial charge in [-0.05, 0) is 0 Å². The van der Waals surface area contributed by atoms with Crippen LogP contribution in [0.4, 0.5) is 4.79 Å². The van der Waals surface area contributed by atoms with Crippen molar-refractivity contribution in [2.45, 2.75) is 0 Å². The molecule has 1 N–H and O–H groups in total. The summed E-state index contributed by atoms with van der Waals surface area (Å²) in [7, 11) is 2.95. The van der Waals surface area contributed by atoms with Gasteiger partial charge < -0.3 is 10.0 Å². The molecule has 0 aromatic carbocycles. The van der Waals surface area contributed by atoms with Gasteiger partial charge in [0.05, 0.1) is 0 Å². The van der Waals surface area contributed by atoms with E-state index in [0.29, 0.717) is 0 Å². The van der Waals surface area contributed by atoms with Crippen LogP contribution in [0, 0.1) is 40.8 Å². The summed E-state index contributed by atoms with van der Waals surface area (Å²) in [4.78, 5) is 10.7. The fraction of sp³-hybridized carbons (Fsp3) is 0.667. The maximum atomic E-state index is 9.62. The standard InChI is InChI=1S/C3H7NO2.Nd/c1-4(2)3(5)6;/h1-2H3,(H,5,6);. The summed E-state index contributed by atoms with van der Waals surface area (Å²) >= 11 is 0. The molecule has 0 fully saturated rings. The van der Waals surface area contributed by atoms with Crippen molar-refractivity contribution >= 4 is 6.09 Å². The van der Waals surface area contributed by atoms with Crippen LogP contribution in [0.15, 0.2) is 0 Å². The van der Waals surface area contributed by atoms with Gasteiger partial charge in [0.1, 0.15) is 0 Å². The Kier molecular flexibility index (Phi) is 7.21. The first-order valence-electron chi connectivity index (χ1n) is 1.55. The summed E-state index contributed by atoms with van der Waals surface area (Å²) in [6.07, 6.45) is -0.907. The molecule has 4 heteroatoms. The summed E-state index contributed by atoms with van der Waals surface area (Å²) in [6.45, 7) is 0. The Labute approximate surface area is 75.2 Å². The third kappa shape index (κ3) is 6.62. The first-order valence-corrected chi connectivity index (χ1v) is 1.55. The van der Waals surface area contributed by atoms with Gasteiger partial charge in [-0.1, -0.05) is 0 Å². The van der Waals surface area contributed by atoms with Gasteiger partial charge >= 0.3 is 6.09 Å². The minimum atomic E-state index is -0.907. The fourth-order valence-corrected chi connectivity index (χ4v) is 0. The van der Waals surface area contributed by atoms with E-state index in [1.165, 1.54) is 14.1 Å². The molecule has 0 aromatic heterocycles. The molecule has 0 radical (unpaired) electrons. The van der Waals surface area contributed by atoms with Crippen LogP contribution in [-0.2, 0) is 0 Å². The van der Waals surface area contributed by atoms with Crippen molar-refractivity contribution in [1.82, 2.24) is 4.90 Å². The van der Waals surface area contributed by atoms with Gasteiger partial charge in [0, 0.05) is 54.9 Å². The van der Waals surface area contributed by atoms with Crippen molar-refractivity contribution in [3.05, 3.63) is 0 Å². The Morgan fingerprint density at radius 1 is 1.57 bits per heavy atom. The van der Waals surface area contributed by atoms with Crippen molar-refractivity contribution in [2.75, 3.05) is 14.1 Å². The zero-order valence-corrected chi connectivity index (χ0v) is 7.51. The average molecular weight is 233 g/mol. The minimum absolute atomic E-state index is 0. The van der Waals surface area contributed by atoms with Crippen molar-refractivity contribution in [2.24, 2.45) is 0 Å². The van der Waals surface area contributed by atoms with E-state index in [0.717, 1.165) is 4.90 Å². The molecule has 0 atom stereocenters. The SMILES string of the molecule is CN(C)C(=O)O.[Nd]. The molecular formula is C3H7NNdO2. The molecule has 0 saturated carbocycles. The quantitative estimate of drug-likeness (QED) is 0.650. The van der Waals surface area contributed by atoms with Gasteiger partial charge in [0.2, 0.25) is 0 Å². The molecule has 40 valence electrons. The van der Waals surface area contributed by atoms with Crippen LogP contribution < -0.4 is 0 Å². The minimum Gasteiger partial charge on any atom is -0.465 e. The zero-order valence-electron chi connectivity index (χ0n) is 4.30. The van der Waals surface area contributed by atoms with Crippen LogP contribution in [0.1, 0.15) is 0 Å². The maximum absolute atomic E-state index is 9.62. The van der Waals surface area contributed by atoms with Crippen LogP contribution in [0.25, 0.3) is 0 Å². The molecule has 3 nitrogen and oxygen atoms in total. The molecule has 0 unspecified atom stereocenters. The molecule has 0 saturated heterocycles. The van der Waals surface area contributed by atoms with Crippen LogP contribution in [0.2, 0.25) is 0 Å². The van der Waals surface area contributed by atoms with Crippen LogP contribution in [0.5, 0.6) is 0 Å². The molecule has 0 bridgehead atoms. The fourth-order valence-electron chi connectivity index (χ4n) is 0. The van der Waals surface area contributed by atoms with E-state index in [-0.39, 0.29) is 40.8 Å². The number of rotatable bonds is 0. The van der Waals surface area contributed by atoms with Gasteiger partial charge in [-0.25, -0.2) is 4.79 Å². The number of hydrogen-bond donors (Lipinski definition) is 1. The summed E-state index contributed by atoms with van der Waals surface area (Å²) in [5.74, 6) is 0. The van der Waals surface area contributed by atoms with E-state index in [9.17, 15) is 4.79 Å². The number of nitrogens with zero attached hydrogens (tertiary/aromatic N) is 1. The molecule has 0 spiro atoms. The van der Waals surface area contributed by atoms with Gasteiger partial charge in [0.25, 0.3) is 0 Å². The summed E-state index contributed by atoms with van der Waals surface area (Å²) in [6, 6.07) is 0. The molecule has 0 heterocycles. The zero-order chi connectivity index (χ0) is 5.15. The number of amides is 1. The first kappa shape index (κ1) is 10.6. The molecule has 0 rings (SSSR count). The van der Waals surface area contributed by atoms with Crippen LogP contribution in [0.3, 0.4) is 0 Å². The van der Waals surface area contributed by atoms with E-state index in [2.05, 4.69) is 0 Å². The Morgan fingerprint density at radius 3 is 1.71 bits per heavy atom. The third-order valence-corrected chi connectivity index (χ3v) is 0.383. The Bertz CT molecular complexity index is 64.0. The summed E-state index contributed by atoms with van der Waals surface area (Å²) in [5.41, 5.74) is 0. The monoisotopic (exact) mass is 231 g/mol. The van der Waals surface area contributed by atoms with Crippen molar-refractivity contribution in [3.63, 3.8) is 0 Å². The van der Waals surface area contributed by atoms with Crippen molar-refractivity contribution in [3.8, 4) is 0 Å². The second-order valence-corrected chi connectivity index (χ2v) is 1.18. The summed E-state index contributed by atoms with van der Waals surface area (Å²) < 4.78 is 0. The van der Waals surface area contributed by atoms with Gasteiger partial charge in [-0.2, -0.15) is 0 Å². The van der Waals surface area contributed by atoms with Gasteiger partial charge in [0.15, 0.2) is 0 Å². The molecular weight excluding hydrogens is 226 g/mol. The molecule has 0 aliphatic carbocycles. The van der Waals surface area contributed by atoms with E-state index < -0.39 is 6.09 Å². The molecule has 7 heavy (non-hydrogen) atoms. The molecule has 0 aliphatic rings. The Balaban J connectivity index is 0. The number of carboxylic acid groups (broad SMARTS) is 1.